The van der Waals surface area contributed by atoms with Gasteiger partial charge in [-0.1, -0.05) is 19.3 Å². The minimum Gasteiger partial charge on any atom is -0.509 e. The van der Waals surface area contributed by atoms with Crippen molar-refractivity contribution in [2.75, 3.05) is 6.54 Å². The first kappa shape index (κ1) is 19.9. The van der Waals surface area contributed by atoms with Crippen LogP contribution >= 0.6 is 0 Å². The number of hydrogen-bond acceptors (Lipinski definition) is 4. The van der Waals surface area contributed by atoms with Crippen molar-refractivity contribution in [2.24, 2.45) is 0 Å². The first-order valence-electron chi connectivity index (χ1n) is 9.82. The van der Waals surface area contributed by atoms with Gasteiger partial charge in [-0.25, -0.2) is 4.39 Å². The van der Waals surface area contributed by atoms with Gasteiger partial charge in [-0.15, -0.1) is 0 Å². The Labute approximate surface area is 171 Å². The normalized spacial score (nSPS) is 17.7. The second kappa shape index (κ2) is 7.44. The molecule has 8 heteroatoms. The molecule has 1 aromatic carbocycles. The lowest BCUT2D eigenvalue weighted by Gasteiger charge is -2.43. The number of hydrogen-bond donors (Lipinski definition) is 3. The Morgan fingerprint density at radius 2 is 1.67 bits per heavy atom. The molecule has 2 aliphatic rings. The molecule has 1 aliphatic heterocycles. The molecule has 0 atom stereocenters. The average Bonchev–Trinajstić information content (AvgIpc) is 3.18. The SMILES string of the molecule is O=C(O)CNC(=O)C1=C(O)C2(CCCCC2)n2c(ccc2-c2ccc(F)cc2)C1=O. The van der Waals surface area contributed by atoms with Gasteiger partial charge >= 0.3 is 5.97 Å². The van der Waals surface area contributed by atoms with Crippen LogP contribution in [0.5, 0.6) is 0 Å². The van der Waals surface area contributed by atoms with E-state index in [4.69, 9.17) is 5.11 Å². The molecule has 0 unspecified atom stereocenters. The van der Waals surface area contributed by atoms with Crippen LogP contribution in [0.25, 0.3) is 11.3 Å². The third kappa shape index (κ3) is 3.08. The minimum atomic E-state index is -1.25. The van der Waals surface area contributed by atoms with Crippen molar-refractivity contribution in [1.82, 2.24) is 9.88 Å². The van der Waals surface area contributed by atoms with Crippen molar-refractivity contribution < 1.29 is 29.0 Å². The summed E-state index contributed by atoms with van der Waals surface area (Å²) in [6.45, 7) is -0.655. The first-order chi connectivity index (χ1) is 14.3. The van der Waals surface area contributed by atoms with E-state index in [2.05, 4.69) is 5.32 Å². The Morgan fingerprint density at radius 3 is 2.30 bits per heavy atom. The molecule has 0 saturated heterocycles. The van der Waals surface area contributed by atoms with Gasteiger partial charge in [0.15, 0.2) is 0 Å². The second-order valence-electron chi connectivity index (χ2n) is 7.67. The van der Waals surface area contributed by atoms with Crippen LogP contribution in [-0.2, 0) is 15.1 Å². The van der Waals surface area contributed by atoms with Crippen LogP contribution in [0.15, 0.2) is 47.7 Å². The summed E-state index contributed by atoms with van der Waals surface area (Å²) in [5.74, 6) is -3.53. The highest BCUT2D eigenvalue weighted by molar-refractivity contribution is 6.26. The minimum absolute atomic E-state index is 0.245. The van der Waals surface area contributed by atoms with E-state index in [9.17, 15) is 23.9 Å². The van der Waals surface area contributed by atoms with Gasteiger partial charge in [-0.05, 0) is 54.8 Å². The summed E-state index contributed by atoms with van der Waals surface area (Å²) in [5.41, 5.74) is 0.192. The van der Waals surface area contributed by atoms with Crippen LogP contribution in [0.3, 0.4) is 0 Å². The zero-order valence-corrected chi connectivity index (χ0v) is 16.2. The van der Waals surface area contributed by atoms with E-state index in [1.807, 2.05) is 0 Å². The molecule has 1 amide bonds. The number of rotatable bonds is 4. The largest absolute Gasteiger partial charge is 0.509 e. The van der Waals surface area contributed by atoms with Crippen LogP contribution in [0, 0.1) is 5.82 Å². The Hall–Kier alpha value is -3.42. The lowest BCUT2D eigenvalue weighted by molar-refractivity contribution is -0.137. The number of benzene rings is 1. The summed E-state index contributed by atoms with van der Waals surface area (Å²) in [6.07, 6.45) is 3.60. The maximum absolute atomic E-state index is 13.4. The maximum Gasteiger partial charge on any atom is 0.322 e. The molecular formula is C22H21FN2O5. The number of carboxylic acid groups (broad SMARTS) is 1. The van der Waals surface area contributed by atoms with E-state index in [-0.39, 0.29) is 17.3 Å². The number of amides is 1. The molecule has 0 bridgehead atoms. The number of aliphatic hydroxyl groups excluding tert-OH is 1. The third-order valence-corrected chi connectivity index (χ3v) is 5.89. The summed E-state index contributed by atoms with van der Waals surface area (Å²) in [5, 5.41) is 22.2. The molecule has 1 spiro atoms. The highest BCUT2D eigenvalue weighted by Gasteiger charge is 2.49. The van der Waals surface area contributed by atoms with Crippen LogP contribution in [0.1, 0.15) is 42.6 Å². The van der Waals surface area contributed by atoms with Crippen LogP contribution in [-0.4, -0.2) is 39.0 Å². The lowest BCUT2D eigenvalue weighted by Crippen LogP contribution is -2.47. The fourth-order valence-corrected chi connectivity index (χ4v) is 4.55. The van der Waals surface area contributed by atoms with Crippen molar-refractivity contribution in [2.45, 2.75) is 37.6 Å². The Kier molecular flexibility index (Phi) is 4.93. The summed E-state index contributed by atoms with van der Waals surface area (Å²) in [4.78, 5) is 36.6. The van der Waals surface area contributed by atoms with E-state index in [0.29, 0.717) is 24.1 Å². The highest BCUT2D eigenvalue weighted by Crippen LogP contribution is 2.47. The topological polar surface area (TPSA) is 109 Å². The predicted octanol–water partition coefficient (Wildman–Crippen LogP) is 3.16. The molecule has 2 heterocycles. The summed E-state index contributed by atoms with van der Waals surface area (Å²) >= 11 is 0. The quantitative estimate of drug-likeness (QED) is 0.669. The van der Waals surface area contributed by atoms with Gasteiger partial charge in [0.1, 0.15) is 29.2 Å². The van der Waals surface area contributed by atoms with Gasteiger partial charge < -0.3 is 20.1 Å². The number of nitrogens with zero attached hydrogens (tertiary/aromatic N) is 1. The number of allylic oxidation sites excluding steroid dienone is 1. The Balaban J connectivity index is 1.88. The number of aliphatic carboxylic acids is 1. The fraction of sp³-hybridized carbons (Fsp3) is 0.318. The molecule has 2 aromatic rings. The number of Topliss-reactive ketones (excluding diaryl/α,β-unsaturated/α-hetero) is 1. The molecule has 3 N–H and O–H groups in total. The van der Waals surface area contributed by atoms with Crippen molar-refractivity contribution in [3.63, 3.8) is 0 Å². The zero-order valence-electron chi connectivity index (χ0n) is 16.2. The highest BCUT2D eigenvalue weighted by atomic mass is 19.1. The first-order valence-corrected chi connectivity index (χ1v) is 9.82. The summed E-state index contributed by atoms with van der Waals surface area (Å²) in [6, 6.07) is 9.18. The number of carboxylic acids is 1. The maximum atomic E-state index is 13.4. The van der Waals surface area contributed by atoms with Gasteiger partial charge in [-0.3, -0.25) is 14.4 Å². The number of ketones is 1. The van der Waals surface area contributed by atoms with Crippen molar-refractivity contribution >= 4 is 17.7 Å². The lowest BCUT2D eigenvalue weighted by atomic mass is 9.75. The Bertz CT molecular complexity index is 1060. The molecule has 156 valence electrons. The van der Waals surface area contributed by atoms with Gasteiger partial charge in [0.05, 0.1) is 5.69 Å². The van der Waals surface area contributed by atoms with E-state index in [0.717, 1.165) is 19.3 Å². The standard InChI is InChI=1S/C22H21FN2O5/c23-14-6-4-13(5-7-14)15-8-9-16-19(28)18(21(30)24-12-17(26)27)20(29)22(25(15)16)10-2-1-3-11-22/h4-9,29H,1-3,10-12H2,(H,24,30)(H,26,27). The van der Waals surface area contributed by atoms with Crippen molar-refractivity contribution in [3.8, 4) is 11.3 Å². The molecule has 30 heavy (non-hydrogen) atoms. The average molecular weight is 412 g/mol. The molecule has 1 aliphatic carbocycles. The second-order valence-corrected chi connectivity index (χ2v) is 7.67. The van der Waals surface area contributed by atoms with Gasteiger partial charge in [0, 0.05) is 5.69 Å². The van der Waals surface area contributed by atoms with Crippen LogP contribution in [0.4, 0.5) is 4.39 Å². The molecule has 0 radical (unpaired) electrons. The van der Waals surface area contributed by atoms with Gasteiger partial charge in [0.2, 0.25) is 5.78 Å². The smallest absolute Gasteiger partial charge is 0.322 e. The summed E-state index contributed by atoms with van der Waals surface area (Å²) < 4.78 is 15.2. The van der Waals surface area contributed by atoms with Crippen molar-refractivity contribution in [3.05, 3.63) is 59.2 Å². The number of carbonyl (C=O) groups excluding carboxylic acids is 2. The molecule has 4 rings (SSSR count). The number of fused-ring (bicyclic) bond motifs is 2. The summed E-state index contributed by atoms with van der Waals surface area (Å²) in [7, 11) is 0. The number of nitrogens with one attached hydrogen (secondary N) is 1. The molecule has 1 aromatic heterocycles. The van der Waals surface area contributed by atoms with E-state index in [1.165, 1.54) is 12.1 Å². The molecule has 1 fully saturated rings. The van der Waals surface area contributed by atoms with E-state index >= 15 is 0 Å². The monoisotopic (exact) mass is 412 g/mol. The van der Waals surface area contributed by atoms with Crippen molar-refractivity contribution in [1.29, 1.82) is 0 Å². The number of aromatic nitrogens is 1. The molecule has 1 saturated carbocycles. The van der Waals surface area contributed by atoms with Gasteiger partial charge in [-0.2, -0.15) is 0 Å². The zero-order chi connectivity index (χ0) is 21.5. The fourth-order valence-electron chi connectivity index (χ4n) is 4.55. The predicted molar refractivity (Wildman–Crippen MR) is 106 cm³/mol. The van der Waals surface area contributed by atoms with Gasteiger partial charge in [0.25, 0.3) is 5.91 Å². The Morgan fingerprint density at radius 1 is 1.03 bits per heavy atom. The number of aliphatic hydroxyl groups is 1. The molecule has 7 nitrogen and oxygen atoms in total. The van der Waals surface area contributed by atoms with Crippen LogP contribution < -0.4 is 5.32 Å². The van der Waals surface area contributed by atoms with E-state index in [1.54, 1.807) is 28.8 Å². The third-order valence-electron chi connectivity index (χ3n) is 5.89. The van der Waals surface area contributed by atoms with E-state index < -0.39 is 35.3 Å². The molecular weight excluding hydrogens is 391 g/mol. The van der Waals surface area contributed by atoms with Crippen LogP contribution in [0.2, 0.25) is 0 Å². The number of halogens is 1. The number of carbonyl (C=O) groups is 3.